The Kier molecular flexibility index (Phi) is 3.34. The van der Waals surface area contributed by atoms with E-state index in [0.717, 1.165) is 6.54 Å². The van der Waals surface area contributed by atoms with Crippen molar-refractivity contribution in [3.05, 3.63) is 34.9 Å². The van der Waals surface area contributed by atoms with Gasteiger partial charge in [-0.25, -0.2) is 0 Å². The largest absolute Gasteiger partial charge is 0.310 e. The molecule has 0 aliphatic heterocycles. The second-order valence-electron chi connectivity index (χ2n) is 5.29. The van der Waals surface area contributed by atoms with Crippen LogP contribution in [0.5, 0.6) is 0 Å². The highest BCUT2D eigenvalue weighted by Gasteiger charge is 2.27. The fourth-order valence-electron chi connectivity index (χ4n) is 2.75. The molecule has 0 aromatic heterocycles. The molecule has 16 heavy (non-hydrogen) atoms. The average Bonchev–Trinajstić information content (AvgIpc) is 2.56. The molecule has 0 heterocycles. The number of hydrogen-bond acceptors (Lipinski definition) is 1. The summed E-state index contributed by atoms with van der Waals surface area (Å²) in [6.07, 6.45) is 1.25. The van der Waals surface area contributed by atoms with E-state index in [9.17, 15) is 0 Å². The summed E-state index contributed by atoms with van der Waals surface area (Å²) in [6.45, 7) is 10.1. The fraction of sp³-hybridized carbons (Fsp3) is 0.600. The topological polar surface area (TPSA) is 12.0 Å². The van der Waals surface area contributed by atoms with E-state index >= 15 is 0 Å². The van der Waals surface area contributed by atoms with Crippen LogP contribution >= 0.6 is 0 Å². The number of benzene rings is 1. The van der Waals surface area contributed by atoms with Crippen LogP contribution in [-0.4, -0.2) is 6.54 Å². The van der Waals surface area contributed by atoms with E-state index in [0.29, 0.717) is 17.9 Å². The summed E-state index contributed by atoms with van der Waals surface area (Å²) in [6, 6.07) is 7.63. The molecule has 1 nitrogen and oxygen atoms in total. The molecule has 1 N–H and O–H groups in total. The van der Waals surface area contributed by atoms with Crippen LogP contribution in [0.25, 0.3) is 0 Å². The Morgan fingerprint density at radius 2 is 2.06 bits per heavy atom. The lowest BCUT2D eigenvalue weighted by Gasteiger charge is -2.14. The summed E-state index contributed by atoms with van der Waals surface area (Å²) in [5.41, 5.74) is 4.56. The van der Waals surface area contributed by atoms with Gasteiger partial charge in [-0.2, -0.15) is 0 Å². The van der Waals surface area contributed by atoms with Gasteiger partial charge in [0.05, 0.1) is 0 Å². The zero-order chi connectivity index (χ0) is 11.7. The molecule has 0 saturated heterocycles. The number of fused-ring (bicyclic) bond motifs is 1. The average molecular weight is 217 g/mol. The molecule has 88 valence electrons. The molecule has 0 fully saturated rings. The highest BCUT2D eigenvalue weighted by Crippen LogP contribution is 2.40. The fourth-order valence-corrected chi connectivity index (χ4v) is 2.75. The number of nitrogens with one attached hydrogen (secondary N) is 1. The van der Waals surface area contributed by atoms with Gasteiger partial charge in [0.15, 0.2) is 0 Å². The van der Waals surface area contributed by atoms with Crippen LogP contribution in [0.3, 0.4) is 0 Å². The first-order valence-electron chi connectivity index (χ1n) is 6.50. The first kappa shape index (κ1) is 11.7. The predicted molar refractivity (Wildman–Crippen MR) is 70.0 cm³/mol. The lowest BCUT2D eigenvalue weighted by molar-refractivity contribution is 0.520. The van der Waals surface area contributed by atoms with Crippen LogP contribution in [0, 0.1) is 0 Å². The molecule has 1 aromatic carbocycles. The van der Waals surface area contributed by atoms with Gasteiger partial charge in [-0.05, 0) is 41.5 Å². The molecule has 2 atom stereocenters. The van der Waals surface area contributed by atoms with E-state index in [2.05, 4.69) is 51.2 Å². The van der Waals surface area contributed by atoms with Crippen molar-refractivity contribution >= 4 is 0 Å². The van der Waals surface area contributed by atoms with Crippen molar-refractivity contribution in [2.75, 3.05) is 6.54 Å². The summed E-state index contributed by atoms with van der Waals surface area (Å²) in [5, 5.41) is 3.60. The van der Waals surface area contributed by atoms with E-state index < -0.39 is 0 Å². The molecule has 2 rings (SSSR count). The molecule has 0 spiro atoms. The van der Waals surface area contributed by atoms with Gasteiger partial charge in [0, 0.05) is 6.04 Å². The minimum atomic E-state index is 0.577. The number of hydrogen-bond donors (Lipinski definition) is 1. The monoisotopic (exact) mass is 217 g/mol. The Labute approximate surface area is 99.3 Å². The summed E-state index contributed by atoms with van der Waals surface area (Å²) < 4.78 is 0. The molecule has 1 aliphatic rings. The normalized spacial score (nSPS) is 23.8. The van der Waals surface area contributed by atoms with Gasteiger partial charge in [0.25, 0.3) is 0 Å². The minimum absolute atomic E-state index is 0.577. The smallest absolute Gasteiger partial charge is 0.0328 e. The molecular formula is C15H23N. The molecule has 0 saturated carbocycles. The van der Waals surface area contributed by atoms with Crippen LogP contribution < -0.4 is 5.32 Å². The maximum atomic E-state index is 3.60. The second kappa shape index (κ2) is 4.58. The molecule has 0 bridgehead atoms. The predicted octanol–water partition coefficient (Wildman–Crippen LogP) is 3.97. The third kappa shape index (κ3) is 2.01. The summed E-state index contributed by atoms with van der Waals surface area (Å²) in [7, 11) is 0. The van der Waals surface area contributed by atoms with Gasteiger partial charge in [-0.3, -0.25) is 0 Å². The third-order valence-corrected chi connectivity index (χ3v) is 3.72. The van der Waals surface area contributed by atoms with Crippen molar-refractivity contribution in [1.29, 1.82) is 0 Å². The van der Waals surface area contributed by atoms with Crippen LogP contribution in [-0.2, 0) is 0 Å². The van der Waals surface area contributed by atoms with Crippen molar-refractivity contribution < 1.29 is 0 Å². The minimum Gasteiger partial charge on any atom is -0.310 e. The maximum absolute atomic E-state index is 3.60. The lowest BCUT2D eigenvalue weighted by Crippen LogP contribution is -2.18. The summed E-state index contributed by atoms with van der Waals surface area (Å²) in [4.78, 5) is 0. The molecular weight excluding hydrogens is 194 g/mol. The van der Waals surface area contributed by atoms with Crippen molar-refractivity contribution in [3.63, 3.8) is 0 Å². The lowest BCUT2D eigenvalue weighted by atomic mass is 9.96. The third-order valence-electron chi connectivity index (χ3n) is 3.72. The molecule has 1 heteroatoms. The van der Waals surface area contributed by atoms with Gasteiger partial charge < -0.3 is 5.32 Å². The quantitative estimate of drug-likeness (QED) is 0.808. The van der Waals surface area contributed by atoms with Gasteiger partial charge in [0.1, 0.15) is 0 Å². The van der Waals surface area contributed by atoms with E-state index in [1.165, 1.54) is 12.0 Å². The molecule has 0 amide bonds. The molecule has 1 aromatic rings. The Bertz CT molecular complexity index is 368. The van der Waals surface area contributed by atoms with Crippen LogP contribution in [0.15, 0.2) is 18.2 Å². The van der Waals surface area contributed by atoms with Gasteiger partial charge in [0.2, 0.25) is 0 Å². The van der Waals surface area contributed by atoms with E-state index in [4.69, 9.17) is 0 Å². The Hall–Kier alpha value is -0.820. The molecule has 2 unspecified atom stereocenters. The first-order valence-corrected chi connectivity index (χ1v) is 6.50. The zero-order valence-electron chi connectivity index (χ0n) is 10.9. The van der Waals surface area contributed by atoms with Crippen LogP contribution in [0.1, 0.15) is 68.7 Å². The molecule has 0 radical (unpaired) electrons. The van der Waals surface area contributed by atoms with Gasteiger partial charge >= 0.3 is 0 Å². The Morgan fingerprint density at radius 1 is 1.31 bits per heavy atom. The highest BCUT2D eigenvalue weighted by atomic mass is 14.9. The van der Waals surface area contributed by atoms with Crippen molar-refractivity contribution in [3.8, 4) is 0 Å². The summed E-state index contributed by atoms with van der Waals surface area (Å²) in [5.74, 6) is 1.34. The van der Waals surface area contributed by atoms with Crippen molar-refractivity contribution in [2.45, 2.75) is 52.0 Å². The SMILES string of the molecule is CCNC1CC(C)c2ccc(C(C)C)cc21. The van der Waals surface area contributed by atoms with Gasteiger partial charge in [-0.1, -0.05) is 45.9 Å². The van der Waals surface area contributed by atoms with E-state index in [1.807, 2.05) is 0 Å². The highest BCUT2D eigenvalue weighted by molar-refractivity contribution is 5.41. The van der Waals surface area contributed by atoms with Crippen molar-refractivity contribution in [1.82, 2.24) is 5.32 Å². The molecule has 1 aliphatic carbocycles. The van der Waals surface area contributed by atoms with Gasteiger partial charge in [-0.15, -0.1) is 0 Å². The van der Waals surface area contributed by atoms with Crippen LogP contribution in [0.2, 0.25) is 0 Å². The zero-order valence-corrected chi connectivity index (χ0v) is 10.9. The maximum Gasteiger partial charge on any atom is 0.0328 e. The summed E-state index contributed by atoms with van der Waals surface area (Å²) >= 11 is 0. The second-order valence-corrected chi connectivity index (χ2v) is 5.29. The Balaban J connectivity index is 2.35. The van der Waals surface area contributed by atoms with Crippen LogP contribution in [0.4, 0.5) is 0 Å². The standard InChI is InChI=1S/C15H23N/c1-5-16-15-8-11(4)13-7-6-12(10(2)3)9-14(13)15/h6-7,9-11,15-16H,5,8H2,1-4H3. The van der Waals surface area contributed by atoms with E-state index in [1.54, 1.807) is 11.1 Å². The van der Waals surface area contributed by atoms with E-state index in [-0.39, 0.29) is 0 Å². The Morgan fingerprint density at radius 3 is 2.69 bits per heavy atom. The van der Waals surface area contributed by atoms with Crippen molar-refractivity contribution in [2.24, 2.45) is 0 Å². The number of rotatable bonds is 3. The first-order chi connectivity index (χ1) is 7.63.